The molecule has 4 rings (SSSR count). The summed E-state index contributed by atoms with van der Waals surface area (Å²) in [6.45, 7) is 42.4. The number of likely N-dealkylation sites (tertiary alicyclic amines) is 2. The molecule has 4 heteroatoms. The Morgan fingerprint density at radius 1 is 0.634 bits per heavy atom. The highest BCUT2D eigenvalue weighted by Crippen LogP contribution is 2.55. The van der Waals surface area contributed by atoms with Gasteiger partial charge in [0, 0.05) is 61.3 Å². The van der Waals surface area contributed by atoms with Gasteiger partial charge >= 0.3 is 0 Å². The van der Waals surface area contributed by atoms with Gasteiger partial charge in [0.2, 0.25) is 0 Å². The maximum absolute atomic E-state index is 2.99. The van der Waals surface area contributed by atoms with Crippen LogP contribution >= 0.6 is 0 Å². The Bertz CT molecular complexity index is 810. The van der Waals surface area contributed by atoms with Crippen molar-refractivity contribution < 1.29 is 0 Å². The minimum atomic E-state index is 0.223. The summed E-state index contributed by atoms with van der Waals surface area (Å²) in [5.41, 5.74) is 1.11. The zero-order valence-electron chi connectivity index (χ0n) is 30.0. The van der Waals surface area contributed by atoms with Gasteiger partial charge in [0.15, 0.2) is 0 Å². The standard InChI is InChI=1S/C37H72N4/c1-27(2)28-14-17-38(18-15-28)19-16-37(12,13)31-22-29-26-41(36(9,10)11)33(32(29)23-31)30-24-39(34(3,4)5)20-21-40(25-30)35(6,7)8/h27-33H,14-26H2,1-13H3. The van der Waals surface area contributed by atoms with Crippen LogP contribution in [-0.2, 0) is 0 Å². The molecule has 0 aromatic rings. The Labute approximate surface area is 257 Å². The van der Waals surface area contributed by atoms with E-state index in [1.165, 1.54) is 84.5 Å². The van der Waals surface area contributed by atoms with Crippen LogP contribution in [0.25, 0.3) is 0 Å². The first-order chi connectivity index (χ1) is 18.8. The predicted molar refractivity (Wildman–Crippen MR) is 178 cm³/mol. The summed E-state index contributed by atoms with van der Waals surface area (Å²) >= 11 is 0. The summed E-state index contributed by atoms with van der Waals surface area (Å²) in [5.74, 6) is 5.11. The third-order valence-corrected chi connectivity index (χ3v) is 12.5. The van der Waals surface area contributed by atoms with E-state index < -0.39 is 0 Å². The lowest BCUT2D eigenvalue weighted by Gasteiger charge is -2.46. The lowest BCUT2D eigenvalue weighted by atomic mass is 9.73. The molecule has 0 aromatic carbocycles. The number of hydrogen-bond acceptors (Lipinski definition) is 4. The summed E-state index contributed by atoms with van der Waals surface area (Å²) in [6.07, 6.45) is 7.10. The van der Waals surface area contributed by atoms with E-state index in [2.05, 4.69) is 110 Å². The first kappa shape index (κ1) is 33.7. The molecule has 240 valence electrons. The third-order valence-electron chi connectivity index (χ3n) is 12.5. The van der Waals surface area contributed by atoms with Gasteiger partial charge in [-0.1, -0.05) is 27.7 Å². The highest BCUT2D eigenvalue weighted by Gasteiger charge is 2.55. The molecule has 4 fully saturated rings. The minimum Gasteiger partial charge on any atom is -0.303 e. The van der Waals surface area contributed by atoms with Gasteiger partial charge in [-0.05, 0) is 149 Å². The average molecular weight is 573 g/mol. The van der Waals surface area contributed by atoms with Crippen LogP contribution in [-0.4, -0.2) is 94.6 Å². The lowest BCUT2D eigenvalue weighted by Crippen LogP contribution is -2.55. The molecule has 0 bridgehead atoms. The van der Waals surface area contributed by atoms with E-state index in [4.69, 9.17) is 0 Å². The third kappa shape index (κ3) is 7.93. The van der Waals surface area contributed by atoms with Gasteiger partial charge < -0.3 is 4.90 Å². The Balaban J connectivity index is 1.50. The summed E-state index contributed by atoms with van der Waals surface area (Å²) in [5, 5.41) is 0. The molecular weight excluding hydrogens is 500 g/mol. The van der Waals surface area contributed by atoms with Gasteiger partial charge in [-0.25, -0.2) is 0 Å². The average Bonchev–Trinajstić information content (AvgIpc) is 3.32. The van der Waals surface area contributed by atoms with E-state index in [-0.39, 0.29) is 16.6 Å². The second-order valence-corrected chi connectivity index (χ2v) is 19.1. The molecule has 0 amide bonds. The maximum atomic E-state index is 2.99. The molecule has 4 atom stereocenters. The van der Waals surface area contributed by atoms with E-state index in [9.17, 15) is 0 Å². The normalized spacial score (nSPS) is 31.8. The largest absolute Gasteiger partial charge is 0.303 e. The quantitative estimate of drug-likeness (QED) is 0.323. The summed E-state index contributed by atoms with van der Waals surface area (Å²) < 4.78 is 0. The molecule has 4 unspecified atom stereocenters. The molecule has 0 N–H and O–H groups in total. The van der Waals surface area contributed by atoms with E-state index in [1.807, 2.05) is 0 Å². The molecule has 0 radical (unpaired) electrons. The number of fused-ring (bicyclic) bond motifs is 1. The van der Waals surface area contributed by atoms with Crippen molar-refractivity contribution in [3.05, 3.63) is 0 Å². The number of rotatable bonds is 6. The van der Waals surface area contributed by atoms with Crippen LogP contribution in [0.15, 0.2) is 0 Å². The SMILES string of the molecule is CC(C)C1CCN(CCC(C)(C)C2CC3CN(C(C)(C)C)C(C4CN(C(C)(C)C)CCN(C(C)(C)C)C4)C3C2)CC1. The molecule has 3 aliphatic heterocycles. The van der Waals surface area contributed by atoms with Crippen molar-refractivity contribution in [2.75, 3.05) is 52.4 Å². The van der Waals surface area contributed by atoms with E-state index in [0.717, 1.165) is 29.6 Å². The fourth-order valence-electron chi connectivity index (χ4n) is 9.33. The Kier molecular flexibility index (Phi) is 10.1. The topological polar surface area (TPSA) is 13.0 Å². The summed E-state index contributed by atoms with van der Waals surface area (Å²) in [7, 11) is 0. The Morgan fingerprint density at radius 2 is 1.17 bits per heavy atom. The van der Waals surface area contributed by atoms with Gasteiger partial charge in [-0.15, -0.1) is 0 Å². The number of piperidine rings is 1. The molecule has 3 heterocycles. The zero-order valence-corrected chi connectivity index (χ0v) is 30.0. The van der Waals surface area contributed by atoms with Crippen LogP contribution in [0.4, 0.5) is 0 Å². The van der Waals surface area contributed by atoms with Crippen molar-refractivity contribution in [1.82, 2.24) is 19.6 Å². The van der Waals surface area contributed by atoms with Crippen molar-refractivity contribution in [3.63, 3.8) is 0 Å². The van der Waals surface area contributed by atoms with Gasteiger partial charge in [0.05, 0.1) is 0 Å². The van der Waals surface area contributed by atoms with Crippen LogP contribution < -0.4 is 0 Å². The zero-order chi connectivity index (χ0) is 30.5. The first-order valence-corrected chi connectivity index (χ1v) is 17.8. The fraction of sp³-hybridized carbons (Fsp3) is 1.00. The van der Waals surface area contributed by atoms with Gasteiger partial charge in [-0.2, -0.15) is 0 Å². The molecule has 0 aromatic heterocycles. The summed E-state index contributed by atoms with van der Waals surface area (Å²) in [4.78, 5) is 11.4. The molecule has 3 saturated heterocycles. The molecule has 1 saturated carbocycles. The Morgan fingerprint density at radius 3 is 1.63 bits per heavy atom. The van der Waals surface area contributed by atoms with E-state index >= 15 is 0 Å². The van der Waals surface area contributed by atoms with Crippen molar-refractivity contribution >= 4 is 0 Å². The predicted octanol–water partition coefficient (Wildman–Crippen LogP) is 7.73. The van der Waals surface area contributed by atoms with Crippen molar-refractivity contribution in [2.24, 2.45) is 40.9 Å². The first-order valence-electron chi connectivity index (χ1n) is 17.8. The molecular formula is C37H72N4. The molecule has 41 heavy (non-hydrogen) atoms. The van der Waals surface area contributed by atoms with Crippen molar-refractivity contribution in [1.29, 1.82) is 0 Å². The highest BCUT2D eigenvalue weighted by atomic mass is 15.3. The minimum absolute atomic E-state index is 0.223. The van der Waals surface area contributed by atoms with Crippen LogP contribution in [0, 0.1) is 40.9 Å². The second-order valence-electron chi connectivity index (χ2n) is 19.1. The lowest BCUT2D eigenvalue weighted by molar-refractivity contribution is 0.0237. The van der Waals surface area contributed by atoms with Crippen LogP contribution in [0.5, 0.6) is 0 Å². The van der Waals surface area contributed by atoms with E-state index in [1.54, 1.807) is 0 Å². The molecule has 0 spiro atoms. The summed E-state index contributed by atoms with van der Waals surface area (Å²) in [6, 6.07) is 0.698. The highest BCUT2D eigenvalue weighted by molar-refractivity contribution is 5.08. The molecule has 1 aliphatic carbocycles. The van der Waals surface area contributed by atoms with Gasteiger partial charge in [0.1, 0.15) is 0 Å². The smallest absolute Gasteiger partial charge is 0.0185 e. The monoisotopic (exact) mass is 573 g/mol. The van der Waals surface area contributed by atoms with Crippen LogP contribution in [0.1, 0.15) is 122 Å². The van der Waals surface area contributed by atoms with Gasteiger partial charge in [0.25, 0.3) is 0 Å². The number of nitrogens with zero attached hydrogens (tertiary/aromatic N) is 4. The van der Waals surface area contributed by atoms with Crippen LogP contribution in [0.3, 0.4) is 0 Å². The van der Waals surface area contributed by atoms with E-state index in [0.29, 0.717) is 17.4 Å². The number of hydrogen-bond donors (Lipinski definition) is 0. The van der Waals surface area contributed by atoms with Crippen LogP contribution in [0.2, 0.25) is 0 Å². The van der Waals surface area contributed by atoms with Crippen molar-refractivity contribution in [3.8, 4) is 0 Å². The molecule has 4 nitrogen and oxygen atoms in total. The van der Waals surface area contributed by atoms with Crippen molar-refractivity contribution in [2.45, 2.75) is 145 Å². The molecule has 4 aliphatic rings. The second kappa shape index (κ2) is 12.3. The Hall–Kier alpha value is -0.160. The maximum Gasteiger partial charge on any atom is 0.0185 e. The van der Waals surface area contributed by atoms with Gasteiger partial charge in [-0.3, -0.25) is 14.7 Å². The fourth-order valence-corrected chi connectivity index (χ4v) is 9.33.